The Morgan fingerprint density at radius 2 is 1.52 bits per heavy atom. The Balaban J connectivity index is 1.37. The van der Waals surface area contributed by atoms with Crippen LogP contribution in [0.2, 0.25) is 5.02 Å². The quantitative estimate of drug-likeness (QED) is 0.540. The van der Waals surface area contributed by atoms with E-state index in [0.29, 0.717) is 5.02 Å². The summed E-state index contributed by atoms with van der Waals surface area (Å²) in [5.74, 6) is -1.85. The maximum atomic E-state index is 12.3. The van der Waals surface area contributed by atoms with Crippen molar-refractivity contribution in [3.8, 4) is 11.1 Å². The predicted molar refractivity (Wildman–Crippen MR) is 119 cm³/mol. The van der Waals surface area contributed by atoms with Crippen molar-refractivity contribution in [1.82, 2.24) is 5.32 Å². The van der Waals surface area contributed by atoms with Gasteiger partial charge < -0.3 is 15.2 Å². The summed E-state index contributed by atoms with van der Waals surface area (Å²) in [5.41, 5.74) is 5.28. The van der Waals surface area contributed by atoms with Gasteiger partial charge in [0.25, 0.3) is 0 Å². The molecule has 3 aromatic carbocycles. The van der Waals surface area contributed by atoms with Crippen molar-refractivity contribution in [2.45, 2.75) is 12.3 Å². The summed E-state index contributed by atoms with van der Waals surface area (Å²) in [6, 6.07) is 23.3. The highest BCUT2D eigenvalue weighted by atomic mass is 35.5. The number of hydrogen-bond acceptors (Lipinski definition) is 3. The first-order valence-corrected chi connectivity index (χ1v) is 10.5. The van der Waals surface area contributed by atoms with Gasteiger partial charge in [-0.25, -0.2) is 4.79 Å². The normalized spacial score (nSPS) is 13.2. The molecule has 0 fully saturated rings. The summed E-state index contributed by atoms with van der Waals surface area (Å²) in [6.45, 7) is 0.138. The molecule has 4 rings (SSSR count). The minimum atomic E-state index is -1.00. The Morgan fingerprint density at radius 1 is 0.935 bits per heavy atom. The van der Waals surface area contributed by atoms with Crippen molar-refractivity contribution in [2.75, 3.05) is 13.2 Å². The van der Waals surface area contributed by atoms with Crippen molar-refractivity contribution in [3.05, 3.63) is 94.5 Å². The molecule has 0 spiro atoms. The lowest BCUT2D eigenvalue weighted by Gasteiger charge is -2.17. The van der Waals surface area contributed by atoms with E-state index >= 15 is 0 Å². The second kappa shape index (κ2) is 9.23. The van der Waals surface area contributed by atoms with Crippen LogP contribution in [-0.4, -0.2) is 30.3 Å². The molecular weight excluding hydrogens is 414 g/mol. The first kappa shape index (κ1) is 20.9. The predicted octanol–water partition coefficient (Wildman–Crippen LogP) is 5.12. The van der Waals surface area contributed by atoms with E-state index in [0.717, 1.165) is 27.8 Å². The van der Waals surface area contributed by atoms with Crippen LogP contribution in [0, 0.1) is 5.92 Å². The third kappa shape index (κ3) is 4.57. The molecule has 0 unspecified atom stereocenters. The van der Waals surface area contributed by atoms with Crippen LogP contribution in [-0.2, 0) is 16.0 Å². The molecule has 6 heteroatoms. The van der Waals surface area contributed by atoms with E-state index in [1.807, 2.05) is 36.4 Å². The van der Waals surface area contributed by atoms with Gasteiger partial charge in [0.2, 0.25) is 0 Å². The second-order valence-electron chi connectivity index (χ2n) is 7.54. The number of rotatable bonds is 7. The second-order valence-corrected chi connectivity index (χ2v) is 7.94. The Kier molecular flexibility index (Phi) is 6.23. The van der Waals surface area contributed by atoms with Gasteiger partial charge in [-0.15, -0.1) is 0 Å². The molecule has 158 valence electrons. The average molecular weight is 436 g/mol. The first-order valence-electron chi connectivity index (χ1n) is 10.1. The summed E-state index contributed by atoms with van der Waals surface area (Å²) in [7, 11) is 0. The lowest BCUT2D eigenvalue weighted by Crippen LogP contribution is -2.35. The number of amides is 1. The van der Waals surface area contributed by atoms with Crippen molar-refractivity contribution in [1.29, 1.82) is 0 Å². The number of alkyl carbamates (subject to hydrolysis) is 1. The number of carboxylic acids is 1. The van der Waals surface area contributed by atoms with E-state index < -0.39 is 18.0 Å². The first-order chi connectivity index (χ1) is 15.0. The van der Waals surface area contributed by atoms with Gasteiger partial charge in [-0.1, -0.05) is 78.3 Å². The van der Waals surface area contributed by atoms with Gasteiger partial charge in [-0.05, 0) is 40.3 Å². The van der Waals surface area contributed by atoms with Gasteiger partial charge in [0.05, 0.1) is 5.92 Å². The number of benzene rings is 3. The maximum Gasteiger partial charge on any atom is 0.407 e. The zero-order valence-corrected chi connectivity index (χ0v) is 17.5. The molecule has 0 bridgehead atoms. The van der Waals surface area contributed by atoms with E-state index in [9.17, 15) is 14.7 Å². The number of nitrogens with one attached hydrogen (secondary N) is 1. The third-order valence-electron chi connectivity index (χ3n) is 5.61. The smallest absolute Gasteiger partial charge is 0.407 e. The van der Waals surface area contributed by atoms with Crippen LogP contribution < -0.4 is 5.32 Å². The van der Waals surface area contributed by atoms with Crippen LogP contribution in [0.4, 0.5) is 4.79 Å². The van der Waals surface area contributed by atoms with E-state index in [1.165, 1.54) is 0 Å². The fourth-order valence-corrected chi connectivity index (χ4v) is 4.25. The van der Waals surface area contributed by atoms with Crippen LogP contribution in [0.3, 0.4) is 0 Å². The molecule has 1 aliphatic rings. The number of carboxylic acid groups (broad SMARTS) is 1. The standard InChI is InChI=1S/C25H22ClNO4/c26-23-12-6-1-7-16(23)13-17(24(28)29)14-27-25(30)31-15-22-20-10-4-2-8-18(20)19-9-3-5-11-21(19)22/h1-12,17,22H,13-15H2,(H,27,30)(H,28,29)/t17-/m1/s1. The summed E-state index contributed by atoms with van der Waals surface area (Å²) in [5, 5.41) is 12.6. The molecule has 0 radical (unpaired) electrons. The molecule has 1 aliphatic carbocycles. The molecule has 1 amide bonds. The van der Waals surface area contributed by atoms with Crippen LogP contribution >= 0.6 is 11.6 Å². The van der Waals surface area contributed by atoms with E-state index in [4.69, 9.17) is 16.3 Å². The maximum absolute atomic E-state index is 12.3. The van der Waals surface area contributed by atoms with Crippen LogP contribution in [0.5, 0.6) is 0 Å². The molecule has 0 aromatic heterocycles. The molecule has 1 atom stereocenters. The molecular formula is C25H22ClNO4. The van der Waals surface area contributed by atoms with Crippen molar-refractivity contribution in [3.63, 3.8) is 0 Å². The zero-order valence-electron chi connectivity index (χ0n) is 16.8. The number of hydrogen-bond donors (Lipinski definition) is 2. The molecule has 2 N–H and O–H groups in total. The molecule has 0 saturated carbocycles. The monoisotopic (exact) mass is 435 g/mol. The van der Waals surface area contributed by atoms with Gasteiger partial charge in [-0.2, -0.15) is 0 Å². The number of carbonyl (C=O) groups excluding carboxylic acids is 1. The molecule has 0 aliphatic heterocycles. The summed E-state index contributed by atoms with van der Waals surface area (Å²) in [6.07, 6.45) is -0.411. The van der Waals surface area contributed by atoms with E-state index in [2.05, 4.69) is 17.4 Å². The zero-order chi connectivity index (χ0) is 21.8. The van der Waals surface area contributed by atoms with Gasteiger partial charge in [0.15, 0.2) is 0 Å². The molecule has 0 heterocycles. The van der Waals surface area contributed by atoms with Crippen molar-refractivity contribution >= 4 is 23.7 Å². The summed E-state index contributed by atoms with van der Waals surface area (Å²) < 4.78 is 5.47. The highest BCUT2D eigenvalue weighted by molar-refractivity contribution is 6.31. The topological polar surface area (TPSA) is 75.6 Å². The lowest BCUT2D eigenvalue weighted by molar-refractivity contribution is -0.141. The highest BCUT2D eigenvalue weighted by Crippen LogP contribution is 2.44. The van der Waals surface area contributed by atoms with Crippen LogP contribution in [0.1, 0.15) is 22.6 Å². The highest BCUT2D eigenvalue weighted by Gasteiger charge is 2.29. The Hall–Kier alpha value is -3.31. The van der Waals surface area contributed by atoms with Gasteiger partial charge in [0.1, 0.15) is 6.61 Å². The fourth-order valence-electron chi connectivity index (χ4n) is 4.03. The van der Waals surface area contributed by atoms with Crippen LogP contribution in [0.25, 0.3) is 11.1 Å². The number of ether oxygens (including phenoxy) is 1. The number of halogens is 1. The molecule has 0 saturated heterocycles. The molecule has 31 heavy (non-hydrogen) atoms. The number of carbonyl (C=O) groups is 2. The van der Waals surface area contributed by atoms with Crippen molar-refractivity contribution in [2.24, 2.45) is 5.92 Å². The van der Waals surface area contributed by atoms with Gasteiger partial charge in [-0.3, -0.25) is 4.79 Å². The van der Waals surface area contributed by atoms with Crippen molar-refractivity contribution < 1.29 is 19.4 Å². The Morgan fingerprint density at radius 3 is 2.13 bits per heavy atom. The van der Waals surface area contributed by atoms with Gasteiger partial charge in [0, 0.05) is 17.5 Å². The van der Waals surface area contributed by atoms with E-state index in [-0.39, 0.29) is 25.5 Å². The summed E-state index contributed by atoms with van der Waals surface area (Å²) in [4.78, 5) is 24.0. The largest absolute Gasteiger partial charge is 0.481 e. The Bertz CT molecular complexity index is 1070. The third-order valence-corrected chi connectivity index (χ3v) is 5.98. The van der Waals surface area contributed by atoms with E-state index in [1.54, 1.807) is 24.3 Å². The van der Waals surface area contributed by atoms with Gasteiger partial charge >= 0.3 is 12.1 Å². The molecule has 5 nitrogen and oxygen atoms in total. The number of aliphatic carboxylic acids is 1. The fraction of sp³-hybridized carbons (Fsp3) is 0.200. The number of fused-ring (bicyclic) bond motifs is 3. The van der Waals surface area contributed by atoms with Crippen LogP contribution in [0.15, 0.2) is 72.8 Å². The summed E-state index contributed by atoms with van der Waals surface area (Å²) >= 11 is 6.14. The Labute approximate surface area is 185 Å². The average Bonchev–Trinajstić information content (AvgIpc) is 3.10. The lowest BCUT2D eigenvalue weighted by atomic mass is 9.98. The SMILES string of the molecule is O=C(NC[C@@H](Cc1ccccc1Cl)C(=O)O)OCC1c2ccccc2-c2ccccc21. The minimum Gasteiger partial charge on any atom is -0.481 e. The molecule has 3 aromatic rings. The minimum absolute atomic E-state index is 0.0444.